The minimum absolute atomic E-state index is 0.0426. The summed E-state index contributed by atoms with van der Waals surface area (Å²) in [5, 5.41) is 14.5. The first-order chi connectivity index (χ1) is 18.0. The Morgan fingerprint density at radius 2 is 1.89 bits per heavy atom. The predicted molar refractivity (Wildman–Crippen MR) is 139 cm³/mol. The van der Waals surface area contributed by atoms with Crippen LogP contribution in [0.5, 0.6) is 0 Å². The molecule has 2 aromatic heterocycles. The van der Waals surface area contributed by atoms with Crippen LogP contribution in [0, 0.1) is 23.2 Å². The van der Waals surface area contributed by atoms with E-state index < -0.39 is 21.2 Å². The molecule has 37 heavy (non-hydrogen) atoms. The van der Waals surface area contributed by atoms with Crippen molar-refractivity contribution in [3.05, 3.63) is 73.8 Å². The second-order valence-electron chi connectivity index (χ2n) is 10.2. The summed E-state index contributed by atoms with van der Waals surface area (Å²) < 4.78 is 6.59. The molecule has 1 fully saturated rings. The number of aryl methyl sites for hydroxylation is 1. The fourth-order valence-electron chi connectivity index (χ4n) is 5.70. The summed E-state index contributed by atoms with van der Waals surface area (Å²) >= 11 is -0.397. The first-order valence-electron chi connectivity index (χ1n) is 13.1. The molecule has 0 saturated heterocycles. The number of amides is 1. The monoisotopic (exact) mass is 607 g/mol. The van der Waals surface area contributed by atoms with Gasteiger partial charge in [0.2, 0.25) is 0 Å². The van der Waals surface area contributed by atoms with Gasteiger partial charge in [0.25, 0.3) is 0 Å². The molecular formula is C30H32IN4O2-. The molecule has 2 atom stereocenters. The van der Waals surface area contributed by atoms with Gasteiger partial charge in [-0.3, -0.25) is 0 Å². The van der Waals surface area contributed by atoms with Crippen LogP contribution in [0.2, 0.25) is 0 Å². The van der Waals surface area contributed by atoms with Crippen LogP contribution < -0.4 is 37.1 Å². The number of hydrogen-bond donors (Lipinski definition) is 1. The maximum atomic E-state index is 13.2. The van der Waals surface area contributed by atoms with Crippen LogP contribution in [-0.4, -0.2) is 21.2 Å². The summed E-state index contributed by atoms with van der Waals surface area (Å²) in [5.74, 6) is 0.672. The zero-order chi connectivity index (χ0) is 25.8. The average molecular weight is 608 g/mol. The van der Waals surface area contributed by atoms with Gasteiger partial charge in [-0.15, -0.1) is 0 Å². The quantitative estimate of drug-likeness (QED) is 0.402. The number of ketones is 1. The molecule has 5 rings (SSSR count). The Balaban J connectivity index is 1.42. The Kier molecular flexibility index (Phi) is 8.04. The van der Waals surface area contributed by atoms with Gasteiger partial charge in [0.05, 0.1) is 0 Å². The molecule has 0 bridgehead atoms. The van der Waals surface area contributed by atoms with E-state index in [0.717, 1.165) is 49.4 Å². The number of carbonyl (C=O) groups excluding carboxylic acids is 2. The van der Waals surface area contributed by atoms with Crippen molar-refractivity contribution < 1.29 is 30.8 Å². The van der Waals surface area contributed by atoms with Crippen LogP contribution in [-0.2, 0) is 11.8 Å². The molecular weight excluding hydrogens is 575 g/mol. The number of Topliss-reactive ketones (excluding diaryl/α,β-unsaturated/α-hetero) is 1. The van der Waals surface area contributed by atoms with Crippen molar-refractivity contribution in [3.8, 4) is 6.07 Å². The minimum atomic E-state index is -0.397. The van der Waals surface area contributed by atoms with Crippen molar-refractivity contribution >= 4 is 21.8 Å². The Morgan fingerprint density at radius 1 is 1.11 bits per heavy atom. The zero-order valence-corrected chi connectivity index (χ0v) is 23.3. The van der Waals surface area contributed by atoms with Gasteiger partial charge < -0.3 is 0 Å². The fourth-order valence-corrected chi connectivity index (χ4v) is 7.72. The van der Waals surface area contributed by atoms with E-state index in [1.165, 1.54) is 36.0 Å². The van der Waals surface area contributed by atoms with Crippen molar-refractivity contribution in [2.24, 2.45) is 18.9 Å². The van der Waals surface area contributed by atoms with E-state index in [2.05, 4.69) is 60.6 Å². The standard InChI is InChI=1S/C30H32IN4O2/c1-35-19-26(21-6-2-3-9-23(11-10-21)29(36)22-7-4-5-8-22)25-15-24(16-31-17-28(25)35)34-30(37)27-14-20(18-32)12-13-33-27/h10-17,19,21-23H,2-9H2,1H3,(H,34,37)/q-1. The third-order valence-electron chi connectivity index (χ3n) is 7.70. The van der Waals surface area contributed by atoms with Gasteiger partial charge in [0.15, 0.2) is 0 Å². The Morgan fingerprint density at radius 3 is 2.70 bits per heavy atom. The summed E-state index contributed by atoms with van der Waals surface area (Å²) in [7, 11) is 2.08. The molecule has 6 nitrogen and oxygen atoms in total. The van der Waals surface area contributed by atoms with Crippen molar-refractivity contribution in [1.82, 2.24) is 14.9 Å². The van der Waals surface area contributed by atoms with E-state index in [-0.39, 0.29) is 29.4 Å². The Bertz CT molecular complexity index is 1420. The number of nitrogens with one attached hydrogen (secondary N) is 1. The summed E-state index contributed by atoms with van der Waals surface area (Å²) in [5.41, 5.74) is 2.66. The second-order valence-corrected chi connectivity index (χ2v) is 12.2. The summed E-state index contributed by atoms with van der Waals surface area (Å²) in [6, 6.07) is 5.16. The maximum absolute atomic E-state index is 13.2. The molecule has 1 amide bonds. The SMILES string of the molecule is Cn1cc(C2C=CC(C(=O)C3CCCC3)CCCC2)c2c1=C[I-]C=C(NC(=O)c1cc(C#N)ccn1)C=2. The van der Waals surface area contributed by atoms with Gasteiger partial charge in [0, 0.05) is 0 Å². The number of rotatable bonds is 5. The molecule has 2 unspecified atom stereocenters. The topological polar surface area (TPSA) is 87.8 Å². The van der Waals surface area contributed by atoms with E-state index in [0.29, 0.717) is 11.3 Å². The Labute approximate surface area is 228 Å². The number of aromatic nitrogens is 2. The van der Waals surface area contributed by atoms with Crippen molar-refractivity contribution in [3.63, 3.8) is 0 Å². The average Bonchev–Trinajstić information content (AvgIpc) is 3.47. The number of halogens is 1. The van der Waals surface area contributed by atoms with Gasteiger partial charge >= 0.3 is 229 Å². The number of nitrogens with zero attached hydrogens (tertiary/aromatic N) is 3. The second kappa shape index (κ2) is 11.6. The summed E-state index contributed by atoms with van der Waals surface area (Å²) in [6.45, 7) is 0. The van der Waals surface area contributed by atoms with E-state index in [1.807, 2.05) is 0 Å². The van der Waals surface area contributed by atoms with Crippen LogP contribution in [0.1, 0.15) is 78.9 Å². The number of pyridine rings is 1. The number of hydrogen-bond acceptors (Lipinski definition) is 4. The number of carbonyl (C=O) groups is 2. The van der Waals surface area contributed by atoms with Crippen molar-refractivity contribution in [2.75, 3.05) is 0 Å². The van der Waals surface area contributed by atoms with E-state index in [4.69, 9.17) is 5.26 Å². The molecule has 3 heterocycles. The third-order valence-corrected chi connectivity index (χ3v) is 9.68. The molecule has 1 saturated carbocycles. The van der Waals surface area contributed by atoms with Gasteiger partial charge in [-0.1, -0.05) is 0 Å². The van der Waals surface area contributed by atoms with Gasteiger partial charge in [0.1, 0.15) is 0 Å². The predicted octanol–water partition coefficient (Wildman–Crippen LogP) is 0.774. The molecule has 1 N–H and O–H groups in total. The van der Waals surface area contributed by atoms with Crippen molar-refractivity contribution in [1.29, 1.82) is 5.26 Å². The molecule has 2 aliphatic carbocycles. The Hall–Kier alpha value is -2.99. The number of fused-ring (bicyclic) bond motifs is 1. The first kappa shape index (κ1) is 25.7. The number of nitriles is 1. The fraction of sp³-hybridized carbons (Fsp3) is 0.400. The zero-order valence-electron chi connectivity index (χ0n) is 21.1. The summed E-state index contributed by atoms with van der Waals surface area (Å²) in [6.07, 6.45) is 18.9. The van der Waals surface area contributed by atoms with Gasteiger partial charge in [-0.2, -0.15) is 0 Å². The van der Waals surface area contributed by atoms with Crippen LogP contribution in [0.3, 0.4) is 0 Å². The van der Waals surface area contributed by atoms with Crippen LogP contribution in [0.15, 0.2) is 46.5 Å². The summed E-state index contributed by atoms with van der Waals surface area (Å²) in [4.78, 5) is 30.2. The molecule has 0 radical (unpaired) electrons. The van der Waals surface area contributed by atoms with Gasteiger partial charge in [-0.25, -0.2) is 0 Å². The van der Waals surface area contributed by atoms with Crippen LogP contribution >= 0.6 is 0 Å². The van der Waals surface area contributed by atoms with Gasteiger partial charge in [-0.05, 0) is 0 Å². The molecule has 1 aliphatic heterocycles. The first-order valence-corrected chi connectivity index (χ1v) is 15.6. The van der Waals surface area contributed by atoms with E-state index in [9.17, 15) is 9.59 Å². The molecule has 2 aromatic rings. The molecule has 3 aliphatic rings. The number of allylic oxidation sites excluding steroid dienone is 3. The van der Waals surface area contributed by atoms with Crippen LogP contribution in [0.25, 0.3) is 10.2 Å². The normalized spacial score (nSPS) is 22.0. The third kappa shape index (κ3) is 5.80. The van der Waals surface area contributed by atoms with Crippen molar-refractivity contribution in [2.45, 2.75) is 57.3 Å². The van der Waals surface area contributed by atoms with Crippen LogP contribution in [0.4, 0.5) is 0 Å². The molecule has 7 heteroatoms. The molecule has 0 spiro atoms. The molecule has 192 valence electrons. The molecule has 0 aromatic carbocycles. The van der Waals surface area contributed by atoms with E-state index >= 15 is 0 Å². The van der Waals surface area contributed by atoms with E-state index in [1.54, 1.807) is 6.07 Å².